The van der Waals surface area contributed by atoms with Gasteiger partial charge in [-0.1, -0.05) is 36.4 Å². The average molecular weight is 486 g/mol. The van der Waals surface area contributed by atoms with E-state index in [1.807, 2.05) is 12.1 Å². The quantitative estimate of drug-likeness (QED) is 0.387. The van der Waals surface area contributed by atoms with Crippen molar-refractivity contribution in [2.24, 2.45) is 12.0 Å². The van der Waals surface area contributed by atoms with Crippen LogP contribution < -0.4 is 16.0 Å². The molecule has 0 aliphatic carbocycles. The Hall–Kier alpha value is -3.49. The van der Waals surface area contributed by atoms with Crippen LogP contribution in [0.3, 0.4) is 0 Å². The lowest BCUT2D eigenvalue weighted by Crippen LogP contribution is -2.40. The molecule has 0 unspecified atom stereocenters. The highest BCUT2D eigenvalue weighted by Gasteiger charge is 2.17. The molecular formula is C25H25ClFN3O4. The van der Waals surface area contributed by atoms with Gasteiger partial charge in [-0.15, -0.1) is 0 Å². The van der Waals surface area contributed by atoms with E-state index >= 15 is 0 Å². The van der Waals surface area contributed by atoms with E-state index in [0.29, 0.717) is 17.0 Å². The zero-order valence-corrected chi connectivity index (χ0v) is 19.7. The van der Waals surface area contributed by atoms with Crippen LogP contribution in [0.4, 0.5) is 10.2 Å². The van der Waals surface area contributed by atoms with Crippen molar-refractivity contribution in [1.29, 1.82) is 0 Å². The Kier molecular flexibility index (Phi) is 8.20. The lowest BCUT2D eigenvalue weighted by Gasteiger charge is -2.15. The normalized spacial score (nSPS) is 11.5. The number of benzene rings is 2. The number of aliphatic hydroxyl groups excluding tert-OH is 1. The fraction of sp³-hybridized carbons (Fsp3) is 0.240. The molecular weight excluding hydrogens is 461 g/mol. The summed E-state index contributed by atoms with van der Waals surface area (Å²) < 4.78 is 21.9. The Balaban J connectivity index is 2.09. The molecule has 2 aromatic carbocycles. The molecule has 1 heterocycles. The number of aliphatic hydroxyl groups is 1. The summed E-state index contributed by atoms with van der Waals surface area (Å²) in [6.45, 7) is 5.56. The van der Waals surface area contributed by atoms with E-state index in [0.717, 1.165) is 10.1 Å². The van der Waals surface area contributed by atoms with E-state index in [-0.39, 0.29) is 42.6 Å². The molecule has 0 aliphatic rings. The molecule has 0 saturated carbocycles. The van der Waals surface area contributed by atoms with Crippen LogP contribution in [0.25, 0.3) is 0 Å². The Morgan fingerprint density at radius 3 is 2.56 bits per heavy atom. The zero-order chi connectivity index (χ0) is 24.8. The Morgan fingerprint density at radius 2 is 1.91 bits per heavy atom. The van der Waals surface area contributed by atoms with Crippen LogP contribution in [0.2, 0.25) is 5.02 Å². The summed E-state index contributed by atoms with van der Waals surface area (Å²) in [5, 5.41) is 9.66. The van der Waals surface area contributed by atoms with Crippen LogP contribution in [0, 0.1) is 12.7 Å². The second-order valence-electron chi connectivity index (χ2n) is 7.71. The molecule has 34 heavy (non-hydrogen) atoms. The molecule has 0 fully saturated rings. The van der Waals surface area contributed by atoms with Crippen molar-refractivity contribution in [1.82, 2.24) is 9.13 Å². The molecule has 0 radical (unpaired) electrons. The van der Waals surface area contributed by atoms with Crippen molar-refractivity contribution in [3.8, 4) is 5.75 Å². The highest BCUT2D eigenvalue weighted by Crippen LogP contribution is 2.21. The number of rotatable bonds is 8. The highest BCUT2D eigenvalue weighted by molar-refractivity contribution is 6.30. The maximum atomic E-state index is 13.7. The summed E-state index contributed by atoms with van der Waals surface area (Å²) in [6, 6.07) is 12.7. The van der Waals surface area contributed by atoms with Gasteiger partial charge in [0, 0.05) is 43.3 Å². The van der Waals surface area contributed by atoms with Gasteiger partial charge in [-0.05, 0) is 43.2 Å². The third-order valence-corrected chi connectivity index (χ3v) is 5.38. The smallest absolute Gasteiger partial charge is 0.332 e. The first kappa shape index (κ1) is 25.1. The predicted molar refractivity (Wildman–Crippen MR) is 131 cm³/mol. The van der Waals surface area contributed by atoms with Crippen LogP contribution in [-0.2, 0) is 20.0 Å². The zero-order valence-electron chi connectivity index (χ0n) is 18.9. The van der Waals surface area contributed by atoms with Crippen molar-refractivity contribution in [3.63, 3.8) is 0 Å². The second kappa shape index (κ2) is 11.1. The van der Waals surface area contributed by atoms with Crippen molar-refractivity contribution in [2.45, 2.75) is 26.3 Å². The van der Waals surface area contributed by atoms with Crippen molar-refractivity contribution in [3.05, 3.63) is 103 Å². The van der Waals surface area contributed by atoms with Gasteiger partial charge in [0.1, 0.15) is 17.4 Å². The third-order valence-electron chi connectivity index (χ3n) is 5.13. The fourth-order valence-electron chi connectivity index (χ4n) is 3.33. The first-order valence-corrected chi connectivity index (χ1v) is 10.9. The van der Waals surface area contributed by atoms with Gasteiger partial charge >= 0.3 is 5.69 Å². The minimum Gasteiger partial charge on any atom is -0.439 e. The molecule has 0 aliphatic heterocycles. The maximum Gasteiger partial charge on any atom is 0.332 e. The summed E-state index contributed by atoms with van der Waals surface area (Å²) in [7, 11) is 1.49. The molecule has 178 valence electrons. The van der Waals surface area contributed by atoms with Crippen molar-refractivity contribution < 1.29 is 14.2 Å². The molecule has 1 N–H and O–H groups in total. The molecule has 9 heteroatoms. The van der Waals surface area contributed by atoms with Gasteiger partial charge in [-0.3, -0.25) is 13.9 Å². The van der Waals surface area contributed by atoms with Gasteiger partial charge in [-0.25, -0.2) is 9.18 Å². The summed E-state index contributed by atoms with van der Waals surface area (Å²) in [6.07, 6.45) is 0.606. The van der Waals surface area contributed by atoms with E-state index in [9.17, 15) is 14.0 Å². The van der Waals surface area contributed by atoms with Crippen LogP contribution >= 0.6 is 11.6 Å². The Morgan fingerprint density at radius 1 is 1.21 bits per heavy atom. The number of hydrogen-bond donors (Lipinski definition) is 1. The van der Waals surface area contributed by atoms with Crippen molar-refractivity contribution >= 4 is 23.3 Å². The van der Waals surface area contributed by atoms with E-state index < -0.39 is 17.1 Å². The minimum atomic E-state index is -0.573. The van der Waals surface area contributed by atoms with E-state index in [1.54, 1.807) is 25.1 Å². The lowest BCUT2D eigenvalue weighted by molar-refractivity contribution is 0.277. The average Bonchev–Trinajstić information content (AvgIpc) is 2.81. The first-order valence-electron chi connectivity index (χ1n) is 10.6. The molecule has 7 nitrogen and oxygen atoms in total. The molecule has 0 amide bonds. The summed E-state index contributed by atoms with van der Waals surface area (Å²) in [4.78, 5) is 30.1. The molecule has 0 bridgehead atoms. The van der Waals surface area contributed by atoms with Crippen LogP contribution in [0.15, 0.2) is 75.3 Å². The standard InChI is InChI=1S/C25H25ClFN3O4/c1-16(14-18-8-10-19(26)11-9-18)23(34-21-7-4-6-20(27)15-21)28-22-17(2)24(32)30(12-5-13-31)25(33)29(22)3/h4,6-11,15,31H,1,5,12-14H2,2-3H3. The maximum absolute atomic E-state index is 13.7. The fourth-order valence-corrected chi connectivity index (χ4v) is 3.46. The van der Waals surface area contributed by atoms with Gasteiger partial charge in [-0.2, -0.15) is 4.99 Å². The predicted octanol–water partition coefficient (Wildman–Crippen LogP) is 3.94. The molecule has 0 atom stereocenters. The van der Waals surface area contributed by atoms with Crippen LogP contribution in [0.5, 0.6) is 5.75 Å². The molecule has 3 aromatic rings. The first-order chi connectivity index (χ1) is 16.2. The lowest BCUT2D eigenvalue weighted by atomic mass is 10.1. The largest absolute Gasteiger partial charge is 0.439 e. The molecule has 0 saturated heterocycles. The topological polar surface area (TPSA) is 85.8 Å². The number of aromatic nitrogens is 2. The van der Waals surface area contributed by atoms with Crippen LogP contribution in [-0.4, -0.2) is 26.7 Å². The highest BCUT2D eigenvalue weighted by atomic mass is 35.5. The van der Waals surface area contributed by atoms with Crippen molar-refractivity contribution in [2.75, 3.05) is 6.61 Å². The minimum absolute atomic E-state index is 0.0335. The third kappa shape index (κ3) is 5.89. The second-order valence-corrected chi connectivity index (χ2v) is 8.14. The number of ether oxygens (including phenoxy) is 1. The number of aliphatic imine (C=N–C) groups is 1. The summed E-state index contributed by atoms with van der Waals surface area (Å²) >= 11 is 5.96. The molecule has 0 spiro atoms. The number of halogens is 2. The van der Waals surface area contributed by atoms with Gasteiger partial charge in [0.2, 0.25) is 5.90 Å². The van der Waals surface area contributed by atoms with Crippen LogP contribution in [0.1, 0.15) is 17.5 Å². The van der Waals surface area contributed by atoms with E-state index in [1.165, 1.54) is 29.8 Å². The molecule has 1 aromatic heterocycles. The van der Waals surface area contributed by atoms with Gasteiger partial charge in [0.15, 0.2) is 0 Å². The van der Waals surface area contributed by atoms with E-state index in [2.05, 4.69) is 11.6 Å². The monoisotopic (exact) mass is 485 g/mol. The van der Waals surface area contributed by atoms with Gasteiger partial charge in [0.05, 0.1) is 5.56 Å². The summed E-state index contributed by atoms with van der Waals surface area (Å²) in [5.74, 6) is -0.171. The Labute approximate surface area is 201 Å². The van der Waals surface area contributed by atoms with E-state index in [4.69, 9.17) is 21.4 Å². The number of hydrogen-bond acceptors (Lipinski definition) is 5. The van der Waals surface area contributed by atoms with Gasteiger partial charge in [0.25, 0.3) is 5.56 Å². The Bertz CT molecular complexity index is 1310. The molecule has 3 rings (SSSR count). The van der Waals surface area contributed by atoms with Gasteiger partial charge < -0.3 is 9.84 Å². The summed E-state index contributed by atoms with van der Waals surface area (Å²) in [5.41, 5.74) is 0.470. The number of nitrogens with zero attached hydrogens (tertiary/aromatic N) is 3. The SMILES string of the molecule is C=C(Cc1ccc(Cl)cc1)C(=Nc1c(C)c(=O)n(CCCO)c(=O)n1C)Oc1cccc(F)c1.